The van der Waals surface area contributed by atoms with E-state index in [1.54, 1.807) is 18.1 Å². The number of nitrogens with zero attached hydrogens (tertiary/aromatic N) is 5. The van der Waals surface area contributed by atoms with Gasteiger partial charge in [0.25, 0.3) is 0 Å². The Kier molecular flexibility index (Phi) is 7.90. The molecule has 11 heteroatoms. The second kappa shape index (κ2) is 11.3. The monoisotopic (exact) mass is 542 g/mol. The third-order valence-electron chi connectivity index (χ3n) is 7.29. The maximum absolute atomic E-state index is 12.9. The van der Waals surface area contributed by atoms with Gasteiger partial charge in [0.1, 0.15) is 17.4 Å². The molecule has 204 valence electrons. The summed E-state index contributed by atoms with van der Waals surface area (Å²) >= 11 is 6.51. The molecule has 4 bridgehead atoms. The normalized spacial score (nSPS) is 19.8. The van der Waals surface area contributed by atoms with Gasteiger partial charge in [-0.2, -0.15) is 4.98 Å². The summed E-state index contributed by atoms with van der Waals surface area (Å²) in [6, 6.07) is 3.76. The lowest BCUT2D eigenvalue weighted by Gasteiger charge is -2.41. The van der Waals surface area contributed by atoms with Crippen LogP contribution in [0.3, 0.4) is 0 Å². The summed E-state index contributed by atoms with van der Waals surface area (Å²) in [7, 11) is 1.77. The van der Waals surface area contributed by atoms with Crippen molar-refractivity contribution in [1.82, 2.24) is 14.9 Å². The maximum Gasteiger partial charge on any atom is 0.227 e. The highest BCUT2D eigenvalue weighted by Crippen LogP contribution is 2.40. The molecule has 0 saturated carbocycles. The van der Waals surface area contributed by atoms with Gasteiger partial charge in [-0.3, -0.25) is 9.59 Å². The number of hydrogen-bond donors (Lipinski definition) is 1. The molecule has 1 N–H and O–H groups in total. The number of ether oxygens (including phenoxy) is 2. The number of rotatable bonds is 3. The van der Waals surface area contributed by atoms with E-state index >= 15 is 0 Å². The number of hydrogen-bond acceptors (Lipinski definition) is 8. The zero-order chi connectivity index (χ0) is 26.8. The molecule has 2 amide bonds. The summed E-state index contributed by atoms with van der Waals surface area (Å²) in [5, 5.41) is 3.74. The van der Waals surface area contributed by atoms with Crippen LogP contribution in [0.5, 0.6) is 5.75 Å². The molecule has 1 saturated heterocycles. The molecular weight excluding hydrogens is 508 g/mol. The van der Waals surface area contributed by atoms with Crippen molar-refractivity contribution in [2.75, 3.05) is 61.6 Å². The molecule has 1 fully saturated rings. The molecule has 1 unspecified atom stereocenters. The van der Waals surface area contributed by atoms with E-state index in [1.807, 2.05) is 17.0 Å². The third-order valence-corrected chi connectivity index (χ3v) is 7.57. The van der Waals surface area contributed by atoms with Crippen LogP contribution in [-0.2, 0) is 20.7 Å². The first-order valence-electron chi connectivity index (χ1n) is 13.3. The van der Waals surface area contributed by atoms with Gasteiger partial charge in [-0.05, 0) is 30.4 Å². The molecule has 3 aliphatic rings. The van der Waals surface area contributed by atoms with Crippen molar-refractivity contribution >= 4 is 46.6 Å². The maximum atomic E-state index is 12.9. The Morgan fingerprint density at radius 2 is 2.08 bits per heavy atom. The fourth-order valence-electron chi connectivity index (χ4n) is 5.16. The van der Waals surface area contributed by atoms with E-state index in [4.69, 9.17) is 26.1 Å². The molecule has 1 aromatic heterocycles. The van der Waals surface area contributed by atoms with Gasteiger partial charge < -0.3 is 29.5 Å². The quantitative estimate of drug-likeness (QED) is 0.627. The third kappa shape index (κ3) is 5.66. The predicted molar refractivity (Wildman–Crippen MR) is 147 cm³/mol. The average molecular weight is 543 g/mol. The van der Waals surface area contributed by atoms with E-state index in [2.05, 4.69) is 29.0 Å². The standard InChI is InChI=1S/C27H35ClN6O4/c1-17(2)4-6-24(36)33-8-9-34-20(15-33)16-37-10-11-38-22-13-19(30-26-21(28)14-29-27(34)31-26)12-18-5-7-23(35)32(3)25(18)22/h12-14,17,20H,4-11,15-16H2,1-3H3,(H,29,30,31). The second-order valence-electron chi connectivity index (χ2n) is 10.5. The average Bonchev–Trinajstić information content (AvgIpc) is 2.90. The topological polar surface area (TPSA) is 100 Å². The van der Waals surface area contributed by atoms with Gasteiger partial charge in [-0.1, -0.05) is 25.4 Å². The van der Waals surface area contributed by atoms with Crippen molar-refractivity contribution in [1.29, 1.82) is 0 Å². The van der Waals surface area contributed by atoms with Crippen molar-refractivity contribution in [3.05, 3.63) is 28.9 Å². The van der Waals surface area contributed by atoms with Gasteiger partial charge in [0.05, 0.1) is 31.1 Å². The molecule has 2 aromatic rings. The number of aryl methyl sites for hydroxylation is 1. The van der Waals surface area contributed by atoms with Crippen LogP contribution >= 0.6 is 11.6 Å². The van der Waals surface area contributed by atoms with Gasteiger partial charge >= 0.3 is 0 Å². The molecular formula is C27H35ClN6O4. The molecule has 3 aliphatic heterocycles. The molecule has 1 aromatic carbocycles. The van der Waals surface area contributed by atoms with Crippen LogP contribution in [0.4, 0.5) is 23.1 Å². The zero-order valence-electron chi connectivity index (χ0n) is 22.2. The van der Waals surface area contributed by atoms with Crippen molar-refractivity contribution in [3.63, 3.8) is 0 Å². The smallest absolute Gasteiger partial charge is 0.227 e. The zero-order valence-corrected chi connectivity index (χ0v) is 23.0. The first kappa shape index (κ1) is 26.5. The van der Waals surface area contributed by atoms with Crippen LogP contribution in [0, 0.1) is 5.92 Å². The minimum Gasteiger partial charge on any atom is -0.489 e. The number of amides is 2. The predicted octanol–water partition coefficient (Wildman–Crippen LogP) is 3.65. The first-order valence-corrected chi connectivity index (χ1v) is 13.7. The fourth-order valence-corrected chi connectivity index (χ4v) is 5.30. The molecule has 4 heterocycles. The summed E-state index contributed by atoms with van der Waals surface area (Å²) < 4.78 is 12.2. The van der Waals surface area contributed by atoms with Gasteiger partial charge in [0.15, 0.2) is 5.82 Å². The lowest BCUT2D eigenvalue weighted by atomic mass is 10.00. The van der Waals surface area contributed by atoms with E-state index in [9.17, 15) is 9.59 Å². The van der Waals surface area contributed by atoms with E-state index in [1.165, 1.54) is 0 Å². The number of benzene rings is 1. The Bertz CT molecular complexity index is 1210. The van der Waals surface area contributed by atoms with Crippen LogP contribution in [0.15, 0.2) is 18.3 Å². The van der Waals surface area contributed by atoms with Crippen molar-refractivity contribution in [2.45, 2.75) is 45.6 Å². The number of carbonyl (C=O) groups excluding carboxylic acids is 2. The van der Waals surface area contributed by atoms with Crippen molar-refractivity contribution in [3.8, 4) is 5.75 Å². The number of aromatic nitrogens is 2. The Labute approximate surface area is 228 Å². The van der Waals surface area contributed by atoms with Gasteiger partial charge in [0, 0.05) is 51.3 Å². The van der Waals surface area contributed by atoms with E-state index < -0.39 is 0 Å². The summed E-state index contributed by atoms with van der Waals surface area (Å²) in [6.45, 7) is 7.07. The lowest BCUT2D eigenvalue weighted by Crippen LogP contribution is -2.57. The summed E-state index contributed by atoms with van der Waals surface area (Å²) in [5.41, 5.74) is 2.56. The Morgan fingerprint density at radius 3 is 2.89 bits per heavy atom. The summed E-state index contributed by atoms with van der Waals surface area (Å²) in [6.07, 6.45) is 4.09. The summed E-state index contributed by atoms with van der Waals surface area (Å²) in [4.78, 5) is 40.2. The molecule has 0 spiro atoms. The molecule has 10 nitrogen and oxygen atoms in total. The van der Waals surface area contributed by atoms with Crippen LogP contribution in [-0.4, -0.2) is 79.2 Å². The number of anilines is 4. The highest BCUT2D eigenvalue weighted by Gasteiger charge is 2.32. The minimum atomic E-state index is -0.113. The number of piperazine rings is 1. The Morgan fingerprint density at radius 1 is 1.24 bits per heavy atom. The van der Waals surface area contributed by atoms with E-state index in [-0.39, 0.29) is 17.9 Å². The van der Waals surface area contributed by atoms with Gasteiger partial charge in [-0.25, -0.2) is 4.98 Å². The van der Waals surface area contributed by atoms with E-state index in [0.29, 0.717) is 87.2 Å². The van der Waals surface area contributed by atoms with Crippen molar-refractivity contribution in [2.24, 2.45) is 5.92 Å². The highest BCUT2D eigenvalue weighted by molar-refractivity contribution is 6.32. The van der Waals surface area contributed by atoms with Crippen LogP contribution in [0.2, 0.25) is 5.02 Å². The second-order valence-corrected chi connectivity index (χ2v) is 10.9. The number of carbonyl (C=O) groups is 2. The van der Waals surface area contributed by atoms with Crippen LogP contribution in [0.25, 0.3) is 0 Å². The van der Waals surface area contributed by atoms with Crippen LogP contribution < -0.4 is 19.9 Å². The number of fused-ring (bicyclic) bond motifs is 8. The molecule has 5 rings (SSSR count). The molecule has 0 aliphatic carbocycles. The van der Waals surface area contributed by atoms with Crippen LogP contribution in [0.1, 0.15) is 38.7 Å². The summed E-state index contributed by atoms with van der Waals surface area (Å²) in [5.74, 6) is 2.33. The lowest BCUT2D eigenvalue weighted by molar-refractivity contribution is -0.132. The minimum absolute atomic E-state index is 0.0575. The molecule has 38 heavy (non-hydrogen) atoms. The Hall–Kier alpha value is -3.11. The van der Waals surface area contributed by atoms with E-state index in [0.717, 1.165) is 23.4 Å². The van der Waals surface area contributed by atoms with Gasteiger partial charge in [-0.15, -0.1) is 0 Å². The largest absolute Gasteiger partial charge is 0.489 e. The molecule has 1 atom stereocenters. The van der Waals surface area contributed by atoms with Gasteiger partial charge in [0.2, 0.25) is 17.8 Å². The highest BCUT2D eigenvalue weighted by atomic mass is 35.5. The fraction of sp³-hybridized carbons (Fsp3) is 0.556. The SMILES string of the molecule is CC(C)CCC(=O)N1CCN2c3ncc(Cl)c(n3)Nc3cc4c(c(c3)OCCOCC2C1)N(C)C(=O)CC4. The van der Waals surface area contributed by atoms with Crippen molar-refractivity contribution < 1.29 is 19.1 Å². The number of nitrogens with one attached hydrogen (secondary N) is 1. The molecule has 0 radical (unpaired) electrons. The first-order chi connectivity index (χ1) is 18.3. The Balaban J connectivity index is 1.44. The number of halogens is 1.